The molecule has 0 atom stereocenters. The number of azo groups is 3. The van der Waals surface area contributed by atoms with E-state index in [0.717, 1.165) is 35.5 Å². The normalized spacial score (nSPS) is 12.4. The van der Waals surface area contributed by atoms with Gasteiger partial charge in [0.2, 0.25) is 5.88 Å². The van der Waals surface area contributed by atoms with Crippen LogP contribution in [0.3, 0.4) is 0 Å². The number of thioether (sulfide) groups is 1. The lowest BCUT2D eigenvalue weighted by Crippen LogP contribution is -2.08. The zero-order valence-corrected chi connectivity index (χ0v) is 44.8. The van der Waals surface area contributed by atoms with Gasteiger partial charge in [0.15, 0.2) is 21.4 Å². The Morgan fingerprint density at radius 2 is 1.53 bits per heavy atom. The van der Waals surface area contributed by atoms with Crippen LogP contribution < -0.4 is 4.74 Å². The quantitative estimate of drug-likeness (QED) is 0.00595. The summed E-state index contributed by atoms with van der Waals surface area (Å²) in [5.41, 5.74) is 1.13. The van der Waals surface area contributed by atoms with Crippen molar-refractivity contribution in [2.24, 2.45) is 30.7 Å². The van der Waals surface area contributed by atoms with Crippen molar-refractivity contribution in [3.63, 3.8) is 0 Å². The molecule has 7 N–H and O–H groups in total. The van der Waals surface area contributed by atoms with Gasteiger partial charge in [0.1, 0.15) is 39.3 Å². The van der Waals surface area contributed by atoms with Gasteiger partial charge in [-0.3, -0.25) is 18.1 Å². The number of rotatable bonds is 23. The lowest BCUT2D eigenvalue weighted by atomic mass is 10.0. The van der Waals surface area contributed by atoms with Crippen LogP contribution in [0.2, 0.25) is 0 Å². The van der Waals surface area contributed by atoms with Crippen molar-refractivity contribution in [2.45, 2.75) is 47.2 Å². The monoisotopic (exact) mass is 1190 g/mol. The molecule has 76 heavy (non-hydrogen) atoms. The van der Waals surface area contributed by atoms with Crippen LogP contribution in [0.1, 0.15) is 36.5 Å². The average Bonchev–Trinajstić information content (AvgIpc) is 3.98. The first-order chi connectivity index (χ1) is 36.1. The summed E-state index contributed by atoms with van der Waals surface area (Å²) in [7, 11) is -13.2. The molecule has 404 valence electrons. The molecular weight excluding hydrogens is 1150 g/mol. The van der Waals surface area contributed by atoms with E-state index < -0.39 is 58.3 Å². The SMILES string of the molecule is CCCc1c(N=Nc2ccc3c(O)c(N=Nc4cc(C)c(N=Nc5nnc(SCCSOOO)s5)cc4OCCCS(=O)(=O)O)c(SOOO)cc3c2S(=O)(=O)O)c(O)n2c(nc3ccccc32)c1C#N.CS(=O)(=O)O. The summed E-state index contributed by atoms with van der Waals surface area (Å²) in [4.78, 5) is 3.43. The predicted octanol–water partition coefficient (Wildman–Crippen LogP) is 10.3. The predicted molar refractivity (Wildman–Crippen MR) is 275 cm³/mol. The van der Waals surface area contributed by atoms with Crippen LogP contribution in [0.4, 0.5) is 33.6 Å². The zero-order chi connectivity index (χ0) is 55.4. The number of imidazole rings is 1. The highest BCUT2D eigenvalue weighted by molar-refractivity contribution is 8.02. The van der Waals surface area contributed by atoms with Crippen LogP contribution in [0.15, 0.2) is 99.4 Å². The molecule has 0 spiro atoms. The molecule has 0 radical (unpaired) electrons. The number of benzene rings is 4. The molecule has 3 heterocycles. The van der Waals surface area contributed by atoms with E-state index in [1.165, 1.54) is 34.4 Å². The van der Waals surface area contributed by atoms with Crippen molar-refractivity contribution in [2.75, 3.05) is 30.1 Å². The minimum atomic E-state index is -5.24. The van der Waals surface area contributed by atoms with Crippen molar-refractivity contribution in [1.29, 1.82) is 5.26 Å². The van der Waals surface area contributed by atoms with E-state index in [0.29, 0.717) is 45.1 Å². The molecule has 3 aromatic heterocycles. The van der Waals surface area contributed by atoms with Gasteiger partial charge < -0.3 is 14.9 Å². The molecule has 0 aliphatic heterocycles. The standard InChI is InChI=1S/C39H35N11O15S6.CH4O3S/c1-3-7-21-24(19-40)36-41-25-8-4-5-9-29(25)50(36)37(52)32(21)45-42-26-11-10-22-23(35(26)71(58,59)60)17-31(69-65-63-54)33(34(22)51)46-44-28-16-20(2)27(18-30(28)61-12-6-15-70(55,56)57)43-47-38-48-49-39(68-38)66-13-14-67-64-62-53;1-5(2,3)4/h4-5,8-11,16-18,51-54H,3,6-7,12-15H2,1-2H3,(H,55,56,57)(H,58,59,60);1H3,(H,2,3,4). The van der Waals surface area contributed by atoms with Gasteiger partial charge in [-0.15, -0.1) is 49.6 Å². The summed E-state index contributed by atoms with van der Waals surface area (Å²) in [6, 6.07) is 15.3. The number of fused-ring (bicyclic) bond motifs is 4. The van der Waals surface area contributed by atoms with Crippen molar-refractivity contribution in [1.82, 2.24) is 19.6 Å². The Kier molecular flexibility index (Phi) is 20.5. The third kappa shape index (κ3) is 15.5. The average molecular weight is 1190 g/mol. The number of nitrogens with zero attached hydrogens (tertiary/aromatic N) is 11. The zero-order valence-electron chi connectivity index (χ0n) is 39.0. The van der Waals surface area contributed by atoms with Gasteiger partial charge in [-0.25, -0.2) is 15.5 Å². The van der Waals surface area contributed by atoms with E-state index in [-0.39, 0.29) is 97.6 Å². The van der Waals surface area contributed by atoms with Gasteiger partial charge in [0.05, 0.1) is 52.3 Å². The Balaban J connectivity index is 0.00000179. The van der Waals surface area contributed by atoms with Crippen LogP contribution >= 0.6 is 47.2 Å². The number of para-hydroxylation sites is 2. The topological polar surface area (TPSA) is 431 Å². The first-order valence-corrected chi connectivity index (χ1v) is 29.4. The first kappa shape index (κ1) is 59.1. The molecule has 0 aliphatic carbocycles. The molecule has 4 aromatic carbocycles. The third-order valence-corrected chi connectivity index (χ3v) is 14.8. The maximum atomic E-state index is 13.2. The summed E-state index contributed by atoms with van der Waals surface area (Å²) in [6.45, 7) is 3.23. The van der Waals surface area contributed by atoms with Crippen LogP contribution in [0.5, 0.6) is 17.4 Å². The van der Waals surface area contributed by atoms with E-state index in [9.17, 15) is 49.8 Å². The highest BCUT2D eigenvalue weighted by atomic mass is 32.2. The van der Waals surface area contributed by atoms with Gasteiger partial charge in [0.25, 0.3) is 35.5 Å². The summed E-state index contributed by atoms with van der Waals surface area (Å²) in [6.07, 6.45) is 1.30. The number of ether oxygens (including phenoxy) is 1. The second-order valence-corrected chi connectivity index (χ2v) is 23.2. The fraction of sp³-hybridized carbons (Fsp3) is 0.250. The molecule has 0 bridgehead atoms. The molecule has 36 heteroatoms. The highest BCUT2D eigenvalue weighted by Gasteiger charge is 2.27. The van der Waals surface area contributed by atoms with Crippen molar-refractivity contribution < 1.29 is 83.1 Å². The van der Waals surface area contributed by atoms with Crippen molar-refractivity contribution in [3.05, 3.63) is 71.3 Å². The number of aryl methyl sites for hydroxylation is 1. The maximum absolute atomic E-state index is 13.2. The van der Waals surface area contributed by atoms with Crippen LogP contribution in [-0.2, 0) is 55.5 Å². The molecule has 0 fully saturated rings. The molecule has 0 saturated heterocycles. The Bertz CT molecular complexity index is 3750. The minimum absolute atomic E-state index is 0.00681. The summed E-state index contributed by atoms with van der Waals surface area (Å²) < 4.78 is 112. The number of hydrogen-bond donors (Lipinski definition) is 7. The third-order valence-electron chi connectivity index (χ3n) is 9.69. The van der Waals surface area contributed by atoms with E-state index in [1.807, 2.05) is 6.92 Å². The number of aromatic hydroxyl groups is 2. The minimum Gasteiger partial charge on any atom is -0.505 e. The maximum Gasteiger partial charge on any atom is 0.297 e. The highest BCUT2D eigenvalue weighted by Crippen LogP contribution is 2.49. The molecule has 0 aliphatic rings. The summed E-state index contributed by atoms with van der Waals surface area (Å²) in [5, 5.41) is 91.2. The molecule has 0 amide bonds. The van der Waals surface area contributed by atoms with E-state index >= 15 is 0 Å². The lowest BCUT2D eigenvalue weighted by Gasteiger charge is -2.14. The molecule has 0 saturated carbocycles. The second-order valence-electron chi connectivity index (χ2n) is 15.0. The largest absolute Gasteiger partial charge is 0.505 e. The van der Waals surface area contributed by atoms with Crippen LogP contribution in [-0.4, -0.2) is 109 Å². The number of pyridine rings is 1. The molecule has 7 aromatic rings. The second kappa shape index (κ2) is 26.3. The number of nitriles is 1. The molecule has 7 rings (SSSR count). The van der Waals surface area contributed by atoms with Gasteiger partial charge in [-0.05, 0) is 61.7 Å². The number of aromatic nitrogens is 4. The van der Waals surface area contributed by atoms with Gasteiger partial charge in [-0.2, -0.15) is 30.5 Å². The Morgan fingerprint density at radius 3 is 2.21 bits per heavy atom. The molecule has 0 unspecified atom stereocenters. The number of phenols is 1. The summed E-state index contributed by atoms with van der Waals surface area (Å²) in [5.74, 6) is -0.827. The van der Waals surface area contributed by atoms with Gasteiger partial charge in [0, 0.05) is 46.0 Å². The van der Waals surface area contributed by atoms with Crippen LogP contribution in [0, 0.1) is 18.3 Å². The summed E-state index contributed by atoms with van der Waals surface area (Å²) >= 11 is 3.61. The van der Waals surface area contributed by atoms with E-state index in [2.05, 4.69) is 70.7 Å². The Hall–Kier alpha value is -6.12. The lowest BCUT2D eigenvalue weighted by molar-refractivity contribution is -0.432. The first-order valence-electron chi connectivity index (χ1n) is 21.0. The molecular formula is C40H39N11O18S7. The fourth-order valence-corrected chi connectivity index (χ4v) is 10.7. The smallest absolute Gasteiger partial charge is 0.297 e. The van der Waals surface area contributed by atoms with Crippen molar-refractivity contribution >= 4 is 139 Å². The Labute approximate surface area is 446 Å². The molecule has 29 nitrogen and oxygen atoms in total. The van der Waals surface area contributed by atoms with Crippen molar-refractivity contribution in [3.8, 4) is 23.4 Å². The number of phenolic OH excluding ortho intramolecular Hbond substituents is 1. The Morgan fingerprint density at radius 1 is 0.829 bits per heavy atom. The number of hydrogen-bond acceptors (Lipinski definition) is 29. The van der Waals surface area contributed by atoms with E-state index in [4.69, 9.17) is 19.8 Å². The van der Waals surface area contributed by atoms with E-state index in [1.54, 1.807) is 31.2 Å². The van der Waals surface area contributed by atoms with Gasteiger partial charge >= 0.3 is 0 Å². The fourth-order valence-electron chi connectivity index (χ4n) is 6.77. The van der Waals surface area contributed by atoms with Gasteiger partial charge in [-0.1, -0.05) is 58.7 Å². The van der Waals surface area contributed by atoms with Crippen LogP contribution in [0.25, 0.3) is 27.5 Å².